The van der Waals surface area contributed by atoms with E-state index < -0.39 is 0 Å². The van der Waals surface area contributed by atoms with Gasteiger partial charge in [-0.15, -0.1) is 0 Å². The first kappa shape index (κ1) is 7.11. The molecule has 4 nitrogen and oxygen atoms in total. The minimum absolute atomic E-state index is 0.186. The van der Waals surface area contributed by atoms with Crippen molar-refractivity contribution in [2.75, 3.05) is 6.54 Å². The summed E-state index contributed by atoms with van der Waals surface area (Å²) in [5.41, 5.74) is 11.6. The van der Waals surface area contributed by atoms with Gasteiger partial charge in [0.2, 0.25) is 0 Å². The van der Waals surface area contributed by atoms with E-state index in [2.05, 4.69) is 10.2 Å². The van der Waals surface area contributed by atoms with Gasteiger partial charge in [-0.25, -0.2) is 0 Å². The molecule has 0 bridgehead atoms. The van der Waals surface area contributed by atoms with Gasteiger partial charge in [0, 0.05) is 12.7 Å². The standard InChI is InChI=1S/C6H10N4/c7-4-5(8)6-2-1-3-9-10-6/h1-3,5H,4,7-8H2. The SMILES string of the molecule is NCC(N)c1cccnn1. The minimum atomic E-state index is -0.186. The van der Waals surface area contributed by atoms with Gasteiger partial charge in [0.25, 0.3) is 0 Å². The van der Waals surface area contributed by atoms with Crippen LogP contribution in [0.25, 0.3) is 0 Å². The van der Waals surface area contributed by atoms with Crippen LogP contribution >= 0.6 is 0 Å². The molecule has 1 rings (SSSR count). The maximum atomic E-state index is 5.57. The van der Waals surface area contributed by atoms with Crippen molar-refractivity contribution in [1.82, 2.24) is 10.2 Å². The highest BCUT2D eigenvalue weighted by molar-refractivity contribution is 5.04. The Morgan fingerprint density at radius 2 is 2.40 bits per heavy atom. The zero-order chi connectivity index (χ0) is 7.40. The van der Waals surface area contributed by atoms with Crippen LogP contribution < -0.4 is 11.5 Å². The Hall–Kier alpha value is -1.00. The second-order valence-corrected chi connectivity index (χ2v) is 1.99. The molecule has 1 heterocycles. The fraction of sp³-hybridized carbons (Fsp3) is 0.333. The molecule has 1 aromatic rings. The van der Waals surface area contributed by atoms with Gasteiger partial charge in [0.1, 0.15) is 0 Å². The second kappa shape index (κ2) is 3.24. The van der Waals surface area contributed by atoms with Gasteiger partial charge in [-0.3, -0.25) is 0 Å². The first-order valence-electron chi connectivity index (χ1n) is 3.08. The molecule has 54 valence electrons. The van der Waals surface area contributed by atoms with Crippen LogP contribution in [0.2, 0.25) is 0 Å². The Morgan fingerprint density at radius 1 is 1.60 bits per heavy atom. The molecule has 0 saturated heterocycles. The van der Waals surface area contributed by atoms with Gasteiger partial charge in [-0.1, -0.05) is 0 Å². The fourth-order valence-corrected chi connectivity index (χ4v) is 0.632. The smallest absolute Gasteiger partial charge is 0.0811 e. The quantitative estimate of drug-likeness (QED) is 0.574. The largest absolute Gasteiger partial charge is 0.329 e. The Kier molecular flexibility index (Phi) is 2.30. The Balaban J connectivity index is 2.75. The van der Waals surface area contributed by atoms with E-state index >= 15 is 0 Å². The molecule has 1 unspecified atom stereocenters. The summed E-state index contributed by atoms with van der Waals surface area (Å²) < 4.78 is 0. The molecule has 1 aromatic heterocycles. The van der Waals surface area contributed by atoms with Gasteiger partial charge in [0.15, 0.2) is 0 Å². The lowest BCUT2D eigenvalue weighted by Crippen LogP contribution is -2.21. The third-order valence-electron chi connectivity index (χ3n) is 1.23. The number of hydrogen-bond acceptors (Lipinski definition) is 4. The summed E-state index contributed by atoms with van der Waals surface area (Å²) in [5.74, 6) is 0. The van der Waals surface area contributed by atoms with Gasteiger partial charge in [-0.2, -0.15) is 10.2 Å². The zero-order valence-corrected chi connectivity index (χ0v) is 5.57. The molecule has 4 heteroatoms. The molecule has 0 fully saturated rings. The highest BCUT2D eigenvalue weighted by Gasteiger charge is 2.02. The first-order chi connectivity index (χ1) is 4.84. The van der Waals surface area contributed by atoms with E-state index in [1.807, 2.05) is 6.07 Å². The molecule has 0 spiro atoms. The Morgan fingerprint density at radius 3 is 2.90 bits per heavy atom. The highest BCUT2D eigenvalue weighted by atomic mass is 15.1. The van der Waals surface area contributed by atoms with Gasteiger partial charge in [-0.05, 0) is 12.1 Å². The van der Waals surface area contributed by atoms with Gasteiger partial charge >= 0.3 is 0 Å². The van der Waals surface area contributed by atoms with Crippen molar-refractivity contribution in [3.63, 3.8) is 0 Å². The van der Waals surface area contributed by atoms with Gasteiger partial charge in [0.05, 0.1) is 11.7 Å². The normalized spacial score (nSPS) is 13.0. The van der Waals surface area contributed by atoms with E-state index in [1.165, 1.54) is 0 Å². The minimum Gasteiger partial charge on any atom is -0.329 e. The number of nitrogens with zero attached hydrogens (tertiary/aromatic N) is 2. The number of aromatic nitrogens is 2. The lowest BCUT2D eigenvalue weighted by molar-refractivity contribution is 0.693. The van der Waals surface area contributed by atoms with Crippen molar-refractivity contribution >= 4 is 0 Å². The number of hydrogen-bond donors (Lipinski definition) is 2. The van der Waals surface area contributed by atoms with Crippen LogP contribution in [0, 0.1) is 0 Å². The average molecular weight is 138 g/mol. The molecular formula is C6H10N4. The van der Waals surface area contributed by atoms with Crippen LogP contribution in [-0.2, 0) is 0 Å². The topological polar surface area (TPSA) is 77.8 Å². The van der Waals surface area contributed by atoms with Crippen molar-refractivity contribution in [1.29, 1.82) is 0 Å². The van der Waals surface area contributed by atoms with Crippen molar-refractivity contribution in [3.05, 3.63) is 24.0 Å². The second-order valence-electron chi connectivity index (χ2n) is 1.99. The van der Waals surface area contributed by atoms with E-state index in [4.69, 9.17) is 11.5 Å². The molecule has 4 N–H and O–H groups in total. The first-order valence-corrected chi connectivity index (χ1v) is 3.08. The Bertz CT molecular complexity index is 186. The monoisotopic (exact) mass is 138 g/mol. The molecule has 0 amide bonds. The molecule has 0 saturated carbocycles. The summed E-state index contributed by atoms with van der Waals surface area (Å²) in [6, 6.07) is 3.41. The molecule has 1 atom stereocenters. The maximum Gasteiger partial charge on any atom is 0.0811 e. The van der Waals surface area contributed by atoms with Crippen LogP contribution in [0.1, 0.15) is 11.7 Å². The average Bonchev–Trinajstić information content (AvgIpc) is 2.05. The van der Waals surface area contributed by atoms with E-state index in [0.29, 0.717) is 6.54 Å². The Labute approximate surface area is 59.2 Å². The zero-order valence-electron chi connectivity index (χ0n) is 5.57. The van der Waals surface area contributed by atoms with Gasteiger partial charge < -0.3 is 11.5 Å². The fourth-order valence-electron chi connectivity index (χ4n) is 0.632. The van der Waals surface area contributed by atoms with E-state index in [0.717, 1.165) is 5.69 Å². The summed E-state index contributed by atoms with van der Waals surface area (Å²) in [5, 5.41) is 7.46. The molecule has 10 heavy (non-hydrogen) atoms. The summed E-state index contributed by atoms with van der Waals surface area (Å²) in [6.45, 7) is 0.401. The lowest BCUT2D eigenvalue weighted by atomic mass is 10.2. The van der Waals surface area contributed by atoms with Crippen molar-refractivity contribution in [2.24, 2.45) is 11.5 Å². The predicted octanol–water partition coefficient (Wildman–Crippen LogP) is -0.565. The van der Waals surface area contributed by atoms with Crippen LogP contribution in [0.5, 0.6) is 0 Å². The number of rotatable bonds is 2. The molecular weight excluding hydrogens is 128 g/mol. The third kappa shape index (κ3) is 1.49. The molecule has 0 aliphatic carbocycles. The predicted molar refractivity (Wildman–Crippen MR) is 38.0 cm³/mol. The molecule has 0 aliphatic rings. The summed E-state index contributed by atoms with van der Waals surface area (Å²) in [4.78, 5) is 0. The molecule has 0 aromatic carbocycles. The summed E-state index contributed by atoms with van der Waals surface area (Å²) in [7, 11) is 0. The summed E-state index contributed by atoms with van der Waals surface area (Å²) in [6.07, 6.45) is 1.60. The van der Waals surface area contributed by atoms with Crippen molar-refractivity contribution in [3.8, 4) is 0 Å². The third-order valence-corrected chi connectivity index (χ3v) is 1.23. The van der Waals surface area contributed by atoms with Crippen LogP contribution in [-0.4, -0.2) is 16.7 Å². The molecule has 0 aliphatic heterocycles. The maximum absolute atomic E-state index is 5.57. The van der Waals surface area contributed by atoms with Crippen LogP contribution in [0.3, 0.4) is 0 Å². The number of nitrogens with two attached hydrogens (primary N) is 2. The van der Waals surface area contributed by atoms with Crippen LogP contribution in [0.4, 0.5) is 0 Å². The van der Waals surface area contributed by atoms with E-state index in [1.54, 1.807) is 12.3 Å². The van der Waals surface area contributed by atoms with Crippen molar-refractivity contribution < 1.29 is 0 Å². The molecule has 0 radical (unpaired) electrons. The summed E-state index contributed by atoms with van der Waals surface area (Å²) >= 11 is 0. The van der Waals surface area contributed by atoms with Crippen LogP contribution in [0.15, 0.2) is 18.3 Å². The van der Waals surface area contributed by atoms with E-state index in [-0.39, 0.29) is 6.04 Å². The van der Waals surface area contributed by atoms with E-state index in [9.17, 15) is 0 Å². The van der Waals surface area contributed by atoms with Crippen molar-refractivity contribution in [2.45, 2.75) is 6.04 Å². The lowest BCUT2D eigenvalue weighted by Gasteiger charge is -2.04. The highest BCUT2D eigenvalue weighted by Crippen LogP contribution is 2.00.